The normalized spacial score (nSPS) is 14.4. The van der Waals surface area contributed by atoms with E-state index in [0.29, 0.717) is 13.0 Å². The molecule has 0 heterocycles. The summed E-state index contributed by atoms with van der Waals surface area (Å²) >= 11 is 0. The monoisotopic (exact) mass is 206 g/mol. The second-order valence-electron chi connectivity index (χ2n) is 4.14. The number of rotatable bonds is 8. The quantitative estimate of drug-likeness (QED) is 0.529. The molecule has 0 rings (SSSR count). The van der Waals surface area contributed by atoms with Crippen molar-refractivity contribution in [1.29, 1.82) is 0 Å². The summed E-state index contributed by atoms with van der Waals surface area (Å²) in [6, 6.07) is 0. The molecular weight excluding hydrogens is 184 g/mol. The van der Waals surface area contributed by atoms with E-state index in [2.05, 4.69) is 0 Å². The van der Waals surface area contributed by atoms with E-state index in [4.69, 9.17) is 20.1 Å². The molecule has 0 amide bonds. The van der Waals surface area contributed by atoms with Crippen molar-refractivity contribution >= 4 is 0 Å². The van der Waals surface area contributed by atoms with Crippen molar-refractivity contribution < 1.29 is 20.1 Å². The molecule has 0 aliphatic rings. The molecule has 0 spiro atoms. The van der Waals surface area contributed by atoms with Crippen LogP contribution in [0.3, 0.4) is 0 Å². The number of aliphatic hydroxyl groups excluding tert-OH is 3. The molecule has 0 aromatic rings. The van der Waals surface area contributed by atoms with Crippen LogP contribution >= 0.6 is 0 Å². The van der Waals surface area contributed by atoms with E-state index >= 15 is 0 Å². The van der Waals surface area contributed by atoms with Gasteiger partial charge in [0.15, 0.2) is 0 Å². The third-order valence-electron chi connectivity index (χ3n) is 2.12. The molecule has 0 saturated carbocycles. The van der Waals surface area contributed by atoms with Crippen LogP contribution in [0.2, 0.25) is 0 Å². The van der Waals surface area contributed by atoms with Crippen LogP contribution in [0.4, 0.5) is 0 Å². The van der Waals surface area contributed by atoms with Gasteiger partial charge in [-0.05, 0) is 26.7 Å². The van der Waals surface area contributed by atoms with Gasteiger partial charge in [-0.3, -0.25) is 0 Å². The lowest BCUT2D eigenvalue weighted by Crippen LogP contribution is -2.32. The van der Waals surface area contributed by atoms with Crippen molar-refractivity contribution in [1.82, 2.24) is 0 Å². The Morgan fingerprint density at radius 3 is 2.29 bits per heavy atom. The minimum absolute atomic E-state index is 0.0366. The summed E-state index contributed by atoms with van der Waals surface area (Å²) < 4.78 is 5.44. The van der Waals surface area contributed by atoms with Crippen LogP contribution in [-0.2, 0) is 4.74 Å². The number of hydrogen-bond acceptors (Lipinski definition) is 4. The van der Waals surface area contributed by atoms with E-state index in [-0.39, 0.29) is 25.7 Å². The van der Waals surface area contributed by atoms with Crippen LogP contribution in [0, 0.1) is 5.92 Å². The SMILES string of the molecule is CC(C)(CO)OCC(CO)CCCO. The predicted octanol–water partition coefficient (Wildman–Crippen LogP) is 0.155. The largest absolute Gasteiger partial charge is 0.396 e. The Morgan fingerprint density at radius 1 is 1.21 bits per heavy atom. The zero-order valence-corrected chi connectivity index (χ0v) is 9.07. The second kappa shape index (κ2) is 7.17. The fourth-order valence-electron chi connectivity index (χ4n) is 0.996. The molecule has 0 aromatic heterocycles. The topological polar surface area (TPSA) is 69.9 Å². The summed E-state index contributed by atoms with van der Waals surface area (Å²) in [5.74, 6) is 0.0491. The predicted molar refractivity (Wildman–Crippen MR) is 54.0 cm³/mol. The first-order chi connectivity index (χ1) is 6.55. The van der Waals surface area contributed by atoms with Gasteiger partial charge in [0.2, 0.25) is 0 Å². The average Bonchev–Trinajstić information content (AvgIpc) is 2.18. The van der Waals surface area contributed by atoms with Gasteiger partial charge in [-0.15, -0.1) is 0 Å². The van der Waals surface area contributed by atoms with Crippen LogP contribution in [0.5, 0.6) is 0 Å². The van der Waals surface area contributed by atoms with Gasteiger partial charge in [-0.2, -0.15) is 0 Å². The molecule has 86 valence electrons. The Hall–Kier alpha value is -0.160. The zero-order valence-electron chi connectivity index (χ0n) is 9.07. The van der Waals surface area contributed by atoms with Crippen molar-refractivity contribution in [2.24, 2.45) is 5.92 Å². The number of hydrogen-bond donors (Lipinski definition) is 3. The van der Waals surface area contributed by atoms with E-state index < -0.39 is 5.60 Å². The molecule has 3 N–H and O–H groups in total. The molecule has 0 saturated heterocycles. The second-order valence-corrected chi connectivity index (χ2v) is 4.14. The lowest BCUT2D eigenvalue weighted by molar-refractivity contribution is -0.0737. The molecule has 1 unspecified atom stereocenters. The molecule has 0 fully saturated rings. The molecule has 1 atom stereocenters. The lowest BCUT2D eigenvalue weighted by Gasteiger charge is -2.25. The van der Waals surface area contributed by atoms with E-state index in [1.807, 2.05) is 0 Å². The maximum atomic E-state index is 9.00. The third kappa shape index (κ3) is 6.32. The van der Waals surface area contributed by atoms with Gasteiger partial charge in [0.1, 0.15) is 0 Å². The first kappa shape index (κ1) is 13.8. The van der Waals surface area contributed by atoms with Crippen molar-refractivity contribution in [3.05, 3.63) is 0 Å². The molecule has 0 radical (unpaired) electrons. The molecule has 4 heteroatoms. The smallest absolute Gasteiger partial charge is 0.0856 e. The Kier molecular flexibility index (Phi) is 7.09. The summed E-state index contributed by atoms with van der Waals surface area (Å²) in [6.45, 7) is 4.18. The van der Waals surface area contributed by atoms with Gasteiger partial charge in [-0.25, -0.2) is 0 Å². The van der Waals surface area contributed by atoms with Crippen molar-refractivity contribution in [3.8, 4) is 0 Å². The van der Waals surface area contributed by atoms with Gasteiger partial charge in [0.05, 0.1) is 18.8 Å². The highest BCUT2D eigenvalue weighted by atomic mass is 16.5. The van der Waals surface area contributed by atoms with Crippen molar-refractivity contribution in [2.75, 3.05) is 26.4 Å². The van der Waals surface area contributed by atoms with Crippen molar-refractivity contribution in [3.63, 3.8) is 0 Å². The van der Waals surface area contributed by atoms with Crippen LogP contribution in [0.25, 0.3) is 0 Å². The number of aliphatic hydroxyl groups is 3. The van der Waals surface area contributed by atoms with Crippen LogP contribution in [0.1, 0.15) is 26.7 Å². The minimum Gasteiger partial charge on any atom is -0.396 e. The Labute approximate surface area is 85.5 Å². The Bertz CT molecular complexity index is 136. The summed E-state index contributed by atoms with van der Waals surface area (Å²) in [5.41, 5.74) is -0.549. The standard InChI is InChI=1S/C10H22O4/c1-10(2,8-13)14-7-9(6-12)4-3-5-11/h9,11-13H,3-8H2,1-2H3. The summed E-state index contributed by atoms with van der Waals surface area (Å²) in [6.07, 6.45) is 1.42. The highest BCUT2D eigenvalue weighted by Crippen LogP contribution is 2.13. The Morgan fingerprint density at radius 2 is 1.86 bits per heavy atom. The molecule has 4 nitrogen and oxygen atoms in total. The summed E-state index contributed by atoms with van der Waals surface area (Å²) in [5, 5.41) is 26.5. The van der Waals surface area contributed by atoms with Gasteiger partial charge in [0.25, 0.3) is 0 Å². The first-order valence-corrected chi connectivity index (χ1v) is 5.02. The first-order valence-electron chi connectivity index (χ1n) is 5.02. The molecule has 0 aliphatic carbocycles. The number of ether oxygens (including phenoxy) is 1. The minimum atomic E-state index is -0.549. The maximum absolute atomic E-state index is 9.00. The average molecular weight is 206 g/mol. The summed E-state index contributed by atoms with van der Waals surface area (Å²) in [7, 11) is 0. The summed E-state index contributed by atoms with van der Waals surface area (Å²) in [4.78, 5) is 0. The van der Waals surface area contributed by atoms with Gasteiger partial charge < -0.3 is 20.1 Å². The fraction of sp³-hybridized carbons (Fsp3) is 1.00. The third-order valence-corrected chi connectivity index (χ3v) is 2.12. The fourth-order valence-corrected chi connectivity index (χ4v) is 0.996. The zero-order chi connectivity index (χ0) is 11.0. The lowest BCUT2D eigenvalue weighted by atomic mass is 10.1. The van der Waals surface area contributed by atoms with Gasteiger partial charge in [0, 0.05) is 19.1 Å². The van der Waals surface area contributed by atoms with E-state index in [0.717, 1.165) is 6.42 Å². The Balaban J connectivity index is 3.71. The van der Waals surface area contributed by atoms with E-state index in [1.54, 1.807) is 13.8 Å². The molecule has 14 heavy (non-hydrogen) atoms. The van der Waals surface area contributed by atoms with Crippen LogP contribution in [-0.4, -0.2) is 47.3 Å². The molecule has 0 bridgehead atoms. The van der Waals surface area contributed by atoms with E-state index in [9.17, 15) is 0 Å². The maximum Gasteiger partial charge on any atom is 0.0856 e. The van der Waals surface area contributed by atoms with Gasteiger partial charge in [-0.1, -0.05) is 0 Å². The van der Waals surface area contributed by atoms with E-state index in [1.165, 1.54) is 0 Å². The molecule has 0 aromatic carbocycles. The highest BCUT2D eigenvalue weighted by Gasteiger charge is 2.19. The van der Waals surface area contributed by atoms with Gasteiger partial charge >= 0.3 is 0 Å². The molecule has 0 aliphatic heterocycles. The van der Waals surface area contributed by atoms with Crippen molar-refractivity contribution in [2.45, 2.75) is 32.3 Å². The molecular formula is C10H22O4. The highest BCUT2D eigenvalue weighted by molar-refractivity contribution is 4.67. The van der Waals surface area contributed by atoms with Crippen LogP contribution in [0.15, 0.2) is 0 Å². The van der Waals surface area contributed by atoms with Crippen LogP contribution < -0.4 is 0 Å².